The topological polar surface area (TPSA) is 40.5 Å². The standard InChI is InChI=1S/C9H8F4O2/c10-5-1-2-7(9(11,12)13)6(3-5)8(15)4-14/h1-3,8,14-15H,4H2. The summed E-state index contributed by atoms with van der Waals surface area (Å²) in [7, 11) is 0. The van der Waals surface area contributed by atoms with E-state index >= 15 is 0 Å². The molecule has 6 heteroatoms. The first kappa shape index (κ1) is 11.9. The van der Waals surface area contributed by atoms with E-state index in [9.17, 15) is 17.6 Å². The minimum absolute atomic E-state index is 0.531. The molecular weight excluding hydrogens is 216 g/mol. The third-order valence-electron chi connectivity index (χ3n) is 1.85. The Balaban J connectivity index is 3.27. The van der Waals surface area contributed by atoms with E-state index in [1.54, 1.807) is 0 Å². The number of aliphatic hydroxyl groups is 2. The number of hydrogen-bond donors (Lipinski definition) is 2. The van der Waals surface area contributed by atoms with E-state index in [1.807, 2.05) is 0 Å². The molecule has 0 spiro atoms. The van der Waals surface area contributed by atoms with Crippen LogP contribution in [-0.2, 0) is 6.18 Å². The minimum Gasteiger partial charge on any atom is -0.393 e. The van der Waals surface area contributed by atoms with E-state index in [2.05, 4.69) is 0 Å². The Bertz CT molecular complexity index is 348. The first-order valence-electron chi connectivity index (χ1n) is 4.02. The molecule has 0 amide bonds. The second-order valence-electron chi connectivity index (χ2n) is 2.93. The lowest BCUT2D eigenvalue weighted by Gasteiger charge is -2.15. The Morgan fingerprint density at radius 1 is 1.27 bits per heavy atom. The smallest absolute Gasteiger partial charge is 0.393 e. The fraction of sp³-hybridized carbons (Fsp3) is 0.333. The van der Waals surface area contributed by atoms with Crippen molar-refractivity contribution in [2.24, 2.45) is 0 Å². The molecule has 1 atom stereocenters. The second kappa shape index (κ2) is 4.16. The van der Waals surface area contributed by atoms with Crippen molar-refractivity contribution in [3.63, 3.8) is 0 Å². The van der Waals surface area contributed by atoms with Crippen molar-refractivity contribution in [2.45, 2.75) is 12.3 Å². The first-order chi connectivity index (χ1) is 6.86. The Morgan fingerprint density at radius 3 is 2.33 bits per heavy atom. The summed E-state index contributed by atoms with van der Waals surface area (Å²) in [5.74, 6) is -0.898. The predicted octanol–water partition coefficient (Wildman–Crippen LogP) is 1.87. The van der Waals surface area contributed by atoms with E-state index in [1.165, 1.54) is 0 Å². The quantitative estimate of drug-likeness (QED) is 0.753. The zero-order valence-corrected chi connectivity index (χ0v) is 7.42. The largest absolute Gasteiger partial charge is 0.416 e. The molecule has 0 radical (unpaired) electrons. The maximum absolute atomic E-state index is 12.7. The van der Waals surface area contributed by atoms with Gasteiger partial charge in [0.1, 0.15) is 11.9 Å². The monoisotopic (exact) mass is 224 g/mol. The summed E-state index contributed by atoms with van der Waals surface area (Å²) in [5.41, 5.74) is -1.81. The van der Waals surface area contributed by atoms with Gasteiger partial charge in [-0.05, 0) is 23.8 Å². The van der Waals surface area contributed by atoms with Crippen LogP contribution in [0.1, 0.15) is 17.2 Å². The van der Waals surface area contributed by atoms with Gasteiger partial charge >= 0.3 is 6.18 Å². The molecule has 2 nitrogen and oxygen atoms in total. The Kier molecular flexibility index (Phi) is 3.31. The van der Waals surface area contributed by atoms with Gasteiger partial charge < -0.3 is 10.2 Å². The van der Waals surface area contributed by atoms with Gasteiger partial charge in [0.2, 0.25) is 0 Å². The van der Waals surface area contributed by atoms with E-state index < -0.39 is 35.8 Å². The highest BCUT2D eigenvalue weighted by Gasteiger charge is 2.34. The normalized spacial score (nSPS) is 14.0. The molecule has 0 bridgehead atoms. The number of rotatable bonds is 2. The Hall–Kier alpha value is -1.14. The third-order valence-corrected chi connectivity index (χ3v) is 1.85. The number of hydrogen-bond acceptors (Lipinski definition) is 2. The lowest BCUT2D eigenvalue weighted by atomic mass is 10.0. The molecular formula is C9H8F4O2. The van der Waals surface area contributed by atoms with Crippen LogP contribution in [0.4, 0.5) is 17.6 Å². The molecule has 0 aliphatic carbocycles. The van der Waals surface area contributed by atoms with E-state index in [-0.39, 0.29) is 0 Å². The molecule has 84 valence electrons. The first-order valence-corrected chi connectivity index (χ1v) is 4.02. The van der Waals surface area contributed by atoms with Gasteiger partial charge in [0.25, 0.3) is 0 Å². The molecule has 1 aromatic rings. The van der Waals surface area contributed by atoms with Crippen LogP contribution in [0.2, 0.25) is 0 Å². The van der Waals surface area contributed by atoms with Crippen LogP contribution in [0.3, 0.4) is 0 Å². The van der Waals surface area contributed by atoms with Crippen molar-refractivity contribution in [3.8, 4) is 0 Å². The lowest BCUT2D eigenvalue weighted by Crippen LogP contribution is -2.14. The molecule has 0 aliphatic rings. The summed E-state index contributed by atoms with van der Waals surface area (Å²) in [6, 6.07) is 1.74. The molecule has 0 saturated carbocycles. The number of halogens is 4. The van der Waals surface area contributed by atoms with Gasteiger partial charge in [-0.15, -0.1) is 0 Å². The number of benzene rings is 1. The van der Waals surface area contributed by atoms with Crippen LogP contribution in [0.5, 0.6) is 0 Å². The molecule has 0 fully saturated rings. The van der Waals surface area contributed by atoms with E-state index in [0.29, 0.717) is 18.2 Å². The van der Waals surface area contributed by atoms with Crippen molar-refractivity contribution in [1.29, 1.82) is 0 Å². The zero-order valence-electron chi connectivity index (χ0n) is 7.42. The summed E-state index contributed by atoms with van der Waals surface area (Å²) in [5, 5.41) is 17.6. The molecule has 0 aromatic heterocycles. The van der Waals surface area contributed by atoms with E-state index in [4.69, 9.17) is 10.2 Å². The summed E-state index contributed by atoms with van der Waals surface area (Å²) in [6.07, 6.45) is -6.42. The fourth-order valence-corrected chi connectivity index (χ4v) is 1.17. The van der Waals surface area contributed by atoms with Gasteiger partial charge in [0.15, 0.2) is 0 Å². The van der Waals surface area contributed by atoms with Gasteiger partial charge in [-0.3, -0.25) is 0 Å². The van der Waals surface area contributed by atoms with Crippen LogP contribution < -0.4 is 0 Å². The molecule has 1 aromatic carbocycles. The molecule has 1 rings (SSSR count). The van der Waals surface area contributed by atoms with Gasteiger partial charge in [-0.1, -0.05) is 0 Å². The van der Waals surface area contributed by atoms with Crippen molar-refractivity contribution in [1.82, 2.24) is 0 Å². The van der Waals surface area contributed by atoms with Crippen LogP contribution in [-0.4, -0.2) is 16.8 Å². The van der Waals surface area contributed by atoms with Gasteiger partial charge in [-0.25, -0.2) is 4.39 Å². The van der Waals surface area contributed by atoms with E-state index in [0.717, 1.165) is 0 Å². The average molecular weight is 224 g/mol. The molecule has 0 aliphatic heterocycles. The highest BCUT2D eigenvalue weighted by Crippen LogP contribution is 2.34. The van der Waals surface area contributed by atoms with Crippen molar-refractivity contribution < 1.29 is 27.8 Å². The molecule has 15 heavy (non-hydrogen) atoms. The van der Waals surface area contributed by atoms with Gasteiger partial charge in [0, 0.05) is 0 Å². The van der Waals surface area contributed by atoms with Crippen LogP contribution in [0.15, 0.2) is 18.2 Å². The Morgan fingerprint density at radius 2 is 1.87 bits per heavy atom. The zero-order chi connectivity index (χ0) is 11.6. The molecule has 2 N–H and O–H groups in total. The van der Waals surface area contributed by atoms with Crippen LogP contribution >= 0.6 is 0 Å². The number of aliphatic hydroxyl groups excluding tert-OH is 2. The maximum Gasteiger partial charge on any atom is 0.416 e. The van der Waals surface area contributed by atoms with Crippen molar-refractivity contribution in [3.05, 3.63) is 35.1 Å². The highest BCUT2D eigenvalue weighted by atomic mass is 19.4. The van der Waals surface area contributed by atoms with Crippen LogP contribution in [0, 0.1) is 5.82 Å². The third kappa shape index (κ3) is 2.66. The second-order valence-corrected chi connectivity index (χ2v) is 2.93. The van der Waals surface area contributed by atoms with Gasteiger partial charge in [0.05, 0.1) is 12.2 Å². The number of alkyl halides is 3. The SMILES string of the molecule is OCC(O)c1cc(F)ccc1C(F)(F)F. The van der Waals surface area contributed by atoms with Crippen LogP contribution in [0.25, 0.3) is 0 Å². The summed E-state index contributed by atoms with van der Waals surface area (Å²) in [6.45, 7) is -0.896. The molecule has 0 heterocycles. The predicted molar refractivity (Wildman–Crippen MR) is 43.4 cm³/mol. The summed E-state index contributed by atoms with van der Waals surface area (Å²) >= 11 is 0. The van der Waals surface area contributed by atoms with Crippen molar-refractivity contribution in [2.75, 3.05) is 6.61 Å². The summed E-state index contributed by atoms with van der Waals surface area (Å²) in [4.78, 5) is 0. The Labute approximate surface area is 82.8 Å². The lowest BCUT2D eigenvalue weighted by molar-refractivity contribution is -0.139. The fourth-order valence-electron chi connectivity index (χ4n) is 1.17. The molecule has 1 unspecified atom stereocenters. The van der Waals surface area contributed by atoms with Gasteiger partial charge in [-0.2, -0.15) is 13.2 Å². The minimum atomic E-state index is -4.68. The summed E-state index contributed by atoms with van der Waals surface area (Å²) < 4.78 is 49.8. The average Bonchev–Trinajstić information content (AvgIpc) is 2.14. The highest BCUT2D eigenvalue weighted by molar-refractivity contribution is 5.32. The molecule has 0 saturated heterocycles. The maximum atomic E-state index is 12.7. The van der Waals surface area contributed by atoms with Crippen molar-refractivity contribution >= 4 is 0 Å².